The molecule has 0 radical (unpaired) electrons. The monoisotopic (exact) mass is 297 g/mol. The number of Topliss-reactive ketones (excluding diaryl/α,β-unsaturated/α-hetero) is 1. The molecule has 0 heterocycles. The highest BCUT2D eigenvalue weighted by Gasteiger charge is 2.09. The van der Waals surface area contributed by atoms with Crippen LogP contribution in [0, 0.1) is 0 Å². The number of amides is 1. The van der Waals surface area contributed by atoms with Gasteiger partial charge in [-0.25, -0.2) is 4.79 Å². The first-order valence-electron chi connectivity index (χ1n) is 6.66. The standard InChI is InChI=1S/C17H15NO4/c1-11(19)13-3-5-14(6-4-13)17(21)22-16-9-7-15(8-10-16)18-12(2)20/h3-10H,1-2H3,(H,18,20). The summed E-state index contributed by atoms with van der Waals surface area (Å²) in [4.78, 5) is 34.1. The first-order valence-corrected chi connectivity index (χ1v) is 6.66. The van der Waals surface area contributed by atoms with Crippen molar-refractivity contribution in [2.24, 2.45) is 0 Å². The molecule has 0 bridgehead atoms. The van der Waals surface area contributed by atoms with E-state index in [0.29, 0.717) is 22.6 Å². The molecule has 0 atom stereocenters. The molecule has 1 N–H and O–H groups in total. The van der Waals surface area contributed by atoms with Crippen LogP contribution in [0.15, 0.2) is 48.5 Å². The molecule has 0 saturated heterocycles. The zero-order valence-electron chi connectivity index (χ0n) is 12.3. The average Bonchev–Trinajstić information content (AvgIpc) is 2.49. The second-order valence-electron chi connectivity index (χ2n) is 4.73. The molecule has 1 amide bonds. The Balaban J connectivity index is 2.05. The molecule has 0 aliphatic carbocycles. The van der Waals surface area contributed by atoms with Crippen molar-refractivity contribution < 1.29 is 19.1 Å². The Bertz CT molecular complexity index is 702. The van der Waals surface area contributed by atoms with Gasteiger partial charge in [-0.05, 0) is 43.3 Å². The van der Waals surface area contributed by atoms with E-state index in [-0.39, 0.29) is 11.7 Å². The fourth-order valence-corrected chi connectivity index (χ4v) is 1.82. The van der Waals surface area contributed by atoms with Crippen LogP contribution in [0.1, 0.15) is 34.6 Å². The third-order valence-corrected chi connectivity index (χ3v) is 2.91. The van der Waals surface area contributed by atoms with Crippen LogP contribution >= 0.6 is 0 Å². The fourth-order valence-electron chi connectivity index (χ4n) is 1.82. The minimum atomic E-state index is -0.512. The molecule has 0 aliphatic rings. The third kappa shape index (κ3) is 4.02. The SMILES string of the molecule is CC(=O)Nc1ccc(OC(=O)c2ccc(C(C)=O)cc2)cc1. The number of carbonyl (C=O) groups excluding carboxylic acids is 3. The van der Waals surface area contributed by atoms with Gasteiger partial charge in [0.2, 0.25) is 5.91 Å². The summed E-state index contributed by atoms with van der Waals surface area (Å²) in [6.07, 6.45) is 0. The van der Waals surface area contributed by atoms with Gasteiger partial charge in [-0.15, -0.1) is 0 Å². The second-order valence-corrected chi connectivity index (χ2v) is 4.73. The Morgan fingerprint density at radius 3 is 1.86 bits per heavy atom. The van der Waals surface area contributed by atoms with E-state index in [1.807, 2.05) is 0 Å². The molecule has 5 heteroatoms. The smallest absolute Gasteiger partial charge is 0.343 e. The molecule has 0 aliphatic heterocycles. The minimum absolute atomic E-state index is 0.0616. The van der Waals surface area contributed by atoms with Crippen LogP contribution in [0.2, 0.25) is 0 Å². The first-order chi connectivity index (χ1) is 10.5. The normalized spacial score (nSPS) is 9.91. The minimum Gasteiger partial charge on any atom is -0.423 e. The Morgan fingerprint density at radius 1 is 0.818 bits per heavy atom. The number of rotatable bonds is 4. The zero-order chi connectivity index (χ0) is 16.1. The van der Waals surface area contributed by atoms with Crippen LogP contribution in [0.3, 0.4) is 0 Å². The maximum atomic E-state index is 12.0. The molecule has 112 valence electrons. The molecule has 0 spiro atoms. The van der Waals surface area contributed by atoms with Crippen molar-refractivity contribution in [3.8, 4) is 5.75 Å². The van der Waals surface area contributed by atoms with Crippen molar-refractivity contribution >= 4 is 23.3 Å². The van der Waals surface area contributed by atoms with E-state index in [4.69, 9.17) is 4.74 Å². The Labute approximate surface area is 127 Å². The summed E-state index contributed by atoms with van der Waals surface area (Å²) in [5, 5.41) is 2.62. The van der Waals surface area contributed by atoms with E-state index in [9.17, 15) is 14.4 Å². The molecule has 5 nitrogen and oxygen atoms in total. The summed E-state index contributed by atoms with van der Waals surface area (Å²) < 4.78 is 5.22. The Kier molecular flexibility index (Phi) is 4.68. The number of carbonyl (C=O) groups is 3. The zero-order valence-corrected chi connectivity index (χ0v) is 12.3. The van der Waals surface area contributed by atoms with Gasteiger partial charge in [0.15, 0.2) is 5.78 Å². The molecule has 0 fully saturated rings. The molecule has 2 rings (SSSR count). The number of hydrogen-bond donors (Lipinski definition) is 1. The lowest BCUT2D eigenvalue weighted by Gasteiger charge is -2.06. The summed E-state index contributed by atoms with van der Waals surface area (Å²) in [5.41, 5.74) is 1.52. The van der Waals surface area contributed by atoms with Gasteiger partial charge in [-0.2, -0.15) is 0 Å². The molecule has 22 heavy (non-hydrogen) atoms. The molecule has 2 aromatic rings. The predicted molar refractivity (Wildman–Crippen MR) is 82.2 cm³/mol. The van der Waals surface area contributed by atoms with Gasteiger partial charge in [0.1, 0.15) is 5.75 Å². The fraction of sp³-hybridized carbons (Fsp3) is 0.118. The highest BCUT2D eigenvalue weighted by molar-refractivity contribution is 5.96. The molecular weight excluding hydrogens is 282 g/mol. The van der Waals surface area contributed by atoms with E-state index < -0.39 is 5.97 Å². The quantitative estimate of drug-likeness (QED) is 0.535. The van der Waals surface area contributed by atoms with E-state index in [0.717, 1.165) is 0 Å². The van der Waals surface area contributed by atoms with Crippen molar-refractivity contribution in [2.45, 2.75) is 13.8 Å². The molecule has 0 aromatic heterocycles. The predicted octanol–water partition coefficient (Wildman–Crippen LogP) is 3.07. The van der Waals surface area contributed by atoms with Gasteiger partial charge in [0.05, 0.1) is 5.56 Å². The van der Waals surface area contributed by atoms with Gasteiger partial charge < -0.3 is 10.1 Å². The number of anilines is 1. The number of nitrogens with one attached hydrogen (secondary N) is 1. The van der Waals surface area contributed by atoms with E-state index >= 15 is 0 Å². The summed E-state index contributed by atoms with van der Waals surface area (Å²) in [6.45, 7) is 2.88. The summed E-state index contributed by atoms with van der Waals surface area (Å²) >= 11 is 0. The highest BCUT2D eigenvalue weighted by atomic mass is 16.5. The number of ketones is 1. The van der Waals surface area contributed by atoms with E-state index in [1.54, 1.807) is 48.5 Å². The van der Waals surface area contributed by atoms with Gasteiger partial charge in [-0.3, -0.25) is 9.59 Å². The Hall–Kier alpha value is -2.95. The maximum absolute atomic E-state index is 12.0. The highest BCUT2D eigenvalue weighted by Crippen LogP contribution is 2.17. The van der Waals surface area contributed by atoms with Gasteiger partial charge in [0.25, 0.3) is 0 Å². The number of esters is 1. The van der Waals surface area contributed by atoms with Crippen molar-refractivity contribution in [1.29, 1.82) is 0 Å². The van der Waals surface area contributed by atoms with Crippen LogP contribution in [-0.2, 0) is 4.79 Å². The average molecular weight is 297 g/mol. The number of hydrogen-bond acceptors (Lipinski definition) is 4. The lowest BCUT2D eigenvalue weighted by molar-refractivity contribution is -0.114. The van der Waals surface area contributed by atoms with E-state index in [2.05, 4.69) is 5.32 Å². The van der Waals surface area contributed by atoms with Crippen molar-refractivity contribution in [3.63, 3.8) is 0 Å². The molecule has 2 aromatic carbocycles. The number of benzene rings is 2. The third-order valence-electron chi connectivity index (χ3n) is 2.91. The summed E-state index contributed by atoms with van der Waals surface area (Å²) in [5.74, 6) is -0.374. The lowest BCUT2D eigenvalue weighted by Crippen LogP contribution is -2.09. The number of ether oxygens (including phenoxy) is 1. The van der Waals surface area contributed by atoms with Crippen LogP contribution in [0.25, 0.3) is 0 Å². The van der Waals surface area contributed by atoms with Gasteiger partial charge >= 0.3 is 5.97 Å². The van der Waals surface area contributed by atoms with Crippen LogP contribution in [0.4, 0.5) is 5.69 Å². The van der Waals surface area contributed by atoms with Crippen LogP contribution in [-0.4, -0.2) is 17.7 Å². The second kappa shape index (κ2) is 6.67. The largest absolute Gasteiger partial charge is 0.423 e. The first kappa shape index (κ1) is 15.4. The van der Waals surface area contributed by atoms with Crippen molar-refractivity contribution in [1.82, 2.24) is 0 Å². The van der Waals surface area contributed by atoms with E-state index in [1.165, 1.54) is 13.8 Å². The van der Waals surface area contributed by atoms with Crippen molar-refractivity contribution in [3.05, 3.63) is 59.7 Å². The summed E-state index contributed by atoms with van der Waals surface area (Å²) in [7, 11) is 0. The van der Waals surface area contributed by atoms with Crippen molar-refractivity contribution in [2.75, 3.05) is 5.32 Å². The van der Waals surface area contributed by atoms with Gasteiger partial charge in [-0.1, -0.05) is 12.1 Å². The van der Waals surface area contributed by atoms with Crippen LogP contribution in [0.5, 0.6) is 5.75 Å². The topological polar surface area (TPSA) is 72.5 Å². The molecule has 0 unspecified atom stereocenters. The molecule has 0 saturated carbocycles. The maximum Gasteiger partial charge on any atom is 0.343 e. The van der Waals surface area contributed by atoms with Crippen LogP contribution < -0.4 is 10.1 Å². The lowest BCUT2D eigenvalue weighted by atomic mass is 10.1. The molecular formula is C17H15NO4. The Morgan fingerprint density at radius 2 is 1.36 bits per heavy atom. The summed E-state index contributed by atoms with van der Waals surface area (Å²) in [6, 6.07) is 12.7. The van der Waals surface area contributed by atoms with Gasteiger partial charge in [0, 0.05) is 18.2 Å².